The fourth-order valence-corrected chi connectivity index (χ4v) is 2.41. The van der Waals surface area contributed by atoms with Crippen LogP contribution < -0.4 is 0 Å². The molecule has 0 saturated heterocycles. The number of rotatable bonds is 2. The first-order valence-electron chi connectivity index (χ1n) is 4.69. The van der Waals surface area contributed by atoms with Crippen LogP contribution in [0.4, 0.5) is 13.2 Å². The maximum atomic E-state index is 12.6. The number of halogens is 4. The standard InChI is InChI=1S/C11H5BrF3NOS/c12-6-1-2-9(16-3-6)10(17)7-4-18-5-8(7)11(13,14)15/h1-5H. The summed E-state index contributed by atoms with van der Waals surface area (Å²) in [5, 5.41) is 2.11. The fraction of sp³-hybridized carbons (Fsp3) is 0.0909. The average molecular weight is 336 g/mol. The van der Waals surface area contributed by atoms with Gasteiger partial charge in [0.1, 0.15) is 5.69 Å². The van der Waals surface area contributed by atoms with Crippen LogP contribution in [0.2, 0.25) is 0 Å². The van der Waals surface area contributed by atoms with Crippen LogP contribution in [-0.2, 0) is 6.18 Å². The van der Waals surface area contributed by atoms with E-state index in [0.29, 0.717) is 4.47 Å². The number of hydrogen-bond donors (Lipinski definition) is 0. The minimum absolute atomic E-state index is 0.0119. The van der Waals surface area contributed by atoms with Gasteiger partial charge in [-0.15, -0.1) is 0 Å². The van der Waals surface area contributed by atoms with Crippen molar-refractivity contribution in [3.8, 4) is 0 Å². The molecule has 0 aliphatic heterocycles. The van der Waals surface area contributed by atoms with Crippen molar-refractivity contribution < 1.29 is 18.0 Å². The van der Waals surface area contributed by atoms with Gasteiger partial charge in [0.25, 0.3) is 0 Å². The van der Waals surface area contributed by atoms with Crippen molar-refractivity contribution in [1.82, 2.24) is 4.98 Å². The lowest BCUT2D eigenvalue weighted by molar-refractivity contribution is -0.137. The molecule has 0 radical (unpaired) electrons. The lowest BCUT2D eigenvalue weighted by Gasteiger charge is -2.06. The Morgan fingerprint density at radius 2 is 2.00 bits per heavy atom. The molecule has 2 rings (SSSR count). The molecule has 0 aromatic carbocycles. The second kappa shape index (κ2) is 4.81. The van der Waals surface area contributed by atoms with Gasteiger partial charge >= 0.3 is 6.18 Å². The zero-order chi connectivity index (χ0) is 13.3. The molecule has 2 heterocycles. The third-order valence-corrected chi connectivity index (χ3v) is 3.38. The van der Waals surface area contributed by atoms with Crippen LogP contribution >= 0.6 is 27.3 Å². The second-order valence-corrected chi connectivity index (χ2v) is 5.05. The van der Waals surface area contributed by atoms with Crippen molar-refractivity contribution in [3.05, 3.63) is 50.4 Å². The molecule has 7 heteroatoms. The van der Waals surface area contributed by atoms with E-state index in [-0.39, 0.29) is 11.3 Å². The van der Waals surface area contributed by atoms with E-state index in [2.05, 4.69) is 20.9 Å². The summed E-state index contributed by atoms with van der Waals surface area (Å²) >= 11 is 3.98. The summed E-state index contributed by atoms with van der Waals surface area (Å²) in [6.45, 7) is 0. The molecule has 0 spiro atoms. The Morgan fingerprint density at radius 3 is 2.56 bits per heavy atom. The number of carbonyl (C=O) groups excluding carboxylic acids is 1. The molecular weight excluding hydrogens is 331 g/mol. The summed E-state index contributed by atoms with van der Waals surface area (Å²) < 4.78 is 38.6. The second-order valence-electron chi connectivity index (χ2n) is 3.39. The predicted molar refractivity (Wildman–Crippen MR) is 64.7 cm³/mol. The van der Waals surface area contributed by atoms with Crippen molar-refractivity contribution in [2.45, 2.75) is 6.18 Å². The predicted octanol–water partition coefficient (Wildman–Crippen LogP) is 4.16. The molecule has 0 saturated carbocycles. The normalized spacial score (nSPS) is 11.6. The topological polar surface area (TPSA) is 30.0 Å². The molecule has 2 aromatic heterocycles. The first-order chi connectivity index (χ1) is 8.39. The van der Waals surface area contributed by atoms with Gasteiger partial charge in [-0.3, -0.25) is 9.78 Å². The summed E-state index contributed by atoms with van der Waals surface area (Å²) in [4.78, 5) is 15.7. The molecule has 2 aromatic rings. The maximum Gasteiger partial charge on any atom is 0.417 e. The zero-order valence-electron chi connectivity index (χ0n) is 8.66. The molecule has 0 unspecified atom stereocenters. The minimum Gasteiger partial charge on any atom is -0.287 e. The van der Waals surface area contributed by atoms with Gasteiger partial charge in [-0.05, 0) is 28.1 Å². The highest BCUT2D eigenvalue weighted by atomic mass is 79.9. The summed E-state index contributed by atoms with van der Waals surface area (Å²) in [5.74, 6) is -0.726. The van der Waals surface area contributed by atoms with E-state index in [1.165, 1.54) is 17.6 Å². The van der Waals surface area contributed by atoms with E-state index in [0.717, 1.165) is 16.7 Å². The summed E-state index contributed by atoms with van der Waals surface area (Å²) in [5.41, 5.74) is -1.29. The SMILES string of the molecule is O=C(c1ccc(Br)cn1)c1cscc1C(F)(F)F. The first-order valence-corrected chi connectivity index (χ1v) is 6.43. The van der Waals surface area contributed by atoms with Gasteiger partial charge in [0.05, 0.1) is 5.56 Å². The number of hydrogen-bond acceptors (Lipinski definition) is 3. The Hall–Kier alpha value is -1.21. The van der Waals surface area contributed by atoms with E-state index in [1.807, 2.05) is 0 Å². The molecule has 0 amide bonds. The Bertz CT molecular complexity index is 577. The third-order valence-electron chi connectivity index (χ3n) is 2.17. The van der Waals surface area contributed by atoms with Crippen LogP contribution in [0.1, 0.15) is 21.6 Å². The van der Waals surface area contributed by atoms with Crippen LogP contribution in [0.25, 0.3) is 0 Å². The van der Waals surface area contributed by atoms with E-state index < -0.39 is 17.5 Å². The summed E-state index contributed by atoms with van der Waals surface area (Å²) in [6, 6.07) is 2.93. The molecule has 0 aliphatic carbocycles. The highest BCUT2D eigenvalue weighted by Crippen LogP contribution is 2.35. The molecule has 0 bridgehead atoms. The van der Waals surface area contributed by atoms with E-state index in [9.17, 15) is 18.0 Å². The monoisotopic (exact) mass is 335 g/mol. The smallest absolute Gasteiger partial charge is 0.287 e. The molecule has 0 N–H and O–H groups in total. The van der Waals surface area contributed by atoms with Gasteiger partial charge in [0, 0.05) is 27.0 Å². The molecule has 2 nitrogen and oxygen atoms in total. The number of pyridine rings is 1. The van der Waals surface area contributed by atoms with Gasteiger partial charge in [-0.1, -0.05) is 0 Å². The van der Waals surface area contributed by atoms with Gasteiger partial charge in [-0.25, -0.2) is 0 Å². The highest BCUT2D eigenvalue weighted by molar-refractivity contribution is 9.10. The number of thiophene rings is 1. The van der Waals surface area contributed by atoms with E-state index in [1.54, 1.807) is 6.07 Å². The number of carbonyl (C=O) groups is 1. The quantitative estimate of drug-likeness (QED) is 0.771. The molecule has 94 valence electrons. The van der Waals surface area contributed by atoms with Gasteiger partial charge in [-0.2, -0.15) is 24.5 Å². The Labute approximate surface area is 113 Å². The van der Waals surface area contributed by atoms with Crippen LogP contribution in [-0.4, -0.2) is 10.8 Å². The Morgan fingerprint density at radius 1 is 1.28 bits per heavy atom. The van der Waals surface area contributed by atoms with Gasteiger partial charge < -0.3 is 0 Å². The number of alkyl halides is 3. The van der Waals surface area contributed by atoms with E-state index >= 15 is 0 Å². The van der Waals surface area contributed by atoms with Crippen molar-refractivity contribution >= 4 is 33.0 Å². The number of ketones is 1. The average Bonchev–Trinajstić information content (AvgIpc) is 2.77. The number of nitrogens with zero attached hydrogens (tertiary/aromatic N) is 1. The van der Waals surface area contributed by atoms with Crippen molar-refractivity contribution in [1.29, 1.82) is 0 Å². The lowest BCUT2D eigenvalue weighted by atomic mass is 10.1. The van der Waals surface area contributed by atoms with Crippen LogP contribution in [0, 0.1) is 0 Å². The molecule has 0 aliphatic rings. The van der Waals surface area contributed by atoms with Crippen LogP contribution in [0.15, 0.2) is 33.6 Å². The zero-order valence-corrected chi connectivity index (χ0v) is 11.1. The molecule has 0 fully saturated rings. The van der Waals surface area contributed by atoms with Gasteiger partial charge in [0.2, 0.25) is 5.78 Å². The molecular formula is C11H5BrF3NOS. The Balaban J connectivity index is 2.41. The Kier molecular flexibility index (Phi) is 3.54. The van der Waals surface area contributed by atoms with Crippen LogP contribution in [0.5, 0.6) is 0 Å². The molecule has 0 atom stereocenters. The van der Waals surface area contributed by atoms with Crippen molar-refractivity contribution in [2.75, 3.05) is 0 Å². The minimum atomic E-state index is -4.53. The van der Waals surface area contributed by atoms with Gasteiger partial charge in [0.15, 0.2) is 0 Å². The molecule has 18 heavy (non-hydrogen) atoms. The summed E-state index contributed by atoms with van der Waals surface area (Å²) in [6.07, 6.45) is -3.16. The van der Waals surface area contributed by atoms with Crippen LogP contribution in [0.3, 0.4) is 0 Å². The first kappa shape index (κ1) is 13.2. The van der Waals surface area contributed by atoms with Crippen molar-refractivity contribution in [3.63, 3.8) is 0 Å². The summed E-state index contributed by atoms with van der Waals surface area (Å²) in [7, 11) is 0. The lowest BCUT2D eigenvalue weighted by Crippen LogP contribution is -2.12. The largest absolute Gasteiger partial charge is 0.417 e. The fourth-order valence-electron chi connectivity index (χ4n) is 1.34. The highest BCUT2D eigenvalue weighted by Gasteiger charge is 2.36. The third kappa shape index (κ3) is 2.62. The number of aromatic nitrogens is 1. The maximum absolute atomic E-state index is 12.6. The van der Waals surface area contributed by atoms with E-state index in [4.69, 9.17) is 0 Å². The van der Waals surface area contributed by atoms with Crippen molar-refractivity contribution in [2.24, 2.45) is 0 Å².